The maximum absolute atomic E-state index is 11.2. The Morgan fingerprint density at radius 2 is 2.13 bits per heavy atom. The standard InChI is InChI=1S/C9H15NO4S/c1-14-9(13)4-2-3-8(12)10-7(5-11)6-15/h5,7,15H,2-4,6H2,1H3,(H,10,12). The molecule has 1 amide bonds. The molecule has 1 N–H and O–H groups in total. The summed E-state index contributed by atoms with van der Waals surface area (Å²) in [4.78, 5) is 32.3. The zero-order chi connectivity index (χ0) is 11.7. The summed E-state index contributed by atoms with van der Waals surface area (Å²) in [6.45, 7) is 0. The van der Waals surface area contributed by atoms with E-state index in [9.17, 15) is 14.4 Å². The first-order chi connectivity index (χ1) is 7.13. The normalized spacial score (nSPS) is 11.6. The van der Waals surface area contributed by atoms with Crippen LogP contribution in [0.1, 0.15) is 19.3 Å². The van der Waals surface area contributed by atoms with Gasteiger partial charge in [0.25, 0.3) is 0 Å². The highest BCUT2D eigenvalue weighted by atomic mass is 32.1. The predicted molar refractivity (Wildman–Crippen MR) is 57.7 cm³/mol. The number of hydrogen-bond acceptors (Lipinski definition) is 5. The molecule has 5 nitrogen and oxygen atoms in total. The van der Waals surface area contributed by atoms with Crippen molar-refractivity contribution in [3.8, 4) is 0 Å². The Kier molecular flexibility index (Phi) is 7.71. The van der Waals surface area contributed by atoms with Crippen LogP contribution in [0.4, 0.5) is 0 Å². The zero-order valence-corrected chi connectivity index (χ0v) is 9.46. The zero-order valence-electron chi connectivity index (χ0n) is 8.56. The Bertz CT molecular complexity index is 232. The monoisotopic (exact) mass is 233 g/mol. The summed E-state index contributed by atoms with van der Waals surface area (Å²) in [6.07, 6.45) is 1.45. The van der Waals surface area contributed by atoms with Gasteiger partial charge in [-0.25, -0.2) is 0 Å². The molecule has 0 heterocycles. The van der Waals surface area contributed by atoms with Crippen molar-refractivity contribution in [1.82, 2.24) is 5.32 Å². The first-order valence-corrected chi connectivity index (χ1v) is 5.19. The van der Waals surface area contributed by atoms with Crippen LogP contribution in [0.25, 0.3) is 0 Å². The highest BCUT2D eigenvalue weighted by molar-refractivity contribution is 7.80. The van der Waals surface area contributed by atoms with E-state index in [1.807, 2.05) is 0 Å². The third kappa shape index (κ3) is 6.96. The molecule has 0 aliphatic carbocycles. The quantitative estimate of drug-likeness (QED) is 0.367. The van der Waals surface area contributed by atoms with Crippen molar-refractivity contribution in [1.29, 1.82) is 0 Å². The van der Waals surface area contributed by atoms with Gasteiger partial charge in [0.2, 0.25) is 5.91 Å². The first kappa shape index (κ1) is 14.0. The number of nitrogens with one attached hydrogen (secondary N) is 1. The lowest BCUT2D eigenvalue weighted by molar-refractivity contribution is -0.140. The van der Waals surface area contributed by atoms with E-state index in [1.54, 1.807) is 0 Å². The molecule has 0 aromatic carbocycles. The van der Waals surface area contributed by atoms with Gasteiger partial charge in [-0.1, -0.05) is 0 Å². The number of carbonyl (C=O) groups is 3. The molecule has 0 rings (SSSR count). The molecular weight excluding hydrogens is 218 g/mol. The van der Waals surface area contributed by atoms with E-state index in [4.69, 9.17) is 0 Å². The van der Waals surface area contributed by atoms with Crippen LogP contribution in [0.5, 0.6) is 0 Å². The number of aldehydes is 1. The van der Waals surface area contributed by atoms with Crippen molar-refractivity contribution in [2.45, 2.75) is 25.3 Å². The third-order valence-electron chi connectivity index (χ3n) is 1.72. The Hall–Kier alpha value is -1.04. The van der Waals surface area contributed by atoms with Gasteiger partial charge in [-0.15, -0.1) is 0 Å². The molecule has 0 aromatic heterocycles. The molecule has 0 bridgehead atoms. The number of amides is 1. The second-order valence-corrected chi connectivity index (χ2v) is 3.29. The summed E-state index contributed by atoms with van der Waals surface area (Å²) in [5.74, 6) is -0.333. The number of methoxy groups -OCH3 is 1. The fraction of sp³-hybridized carbons (Fsp3) is 0.667. The van der Waals surface area contributed by atoms with Crippen LogP contribution < -0.4 is 5.32 Å². The minimum absolute atomic E-state index is 0.202. The fourth-order valence-corrected chi connectivity index (χ4v) is 1.07. The second-order valence-electron chi connectivity index (χ2n) is 2.92. The summed E-state index contributed by atoms with van der Waals surface area (Å²) < 4.78 is 4.42. The lowest BCUT2D eigenvalue weighted by atomic mass is 10.2. The molecule has 0 saturated carbocycles. The van der Waals surface area contributed by atoms with Crippen LogP contribution in [0, 0.1) is 0 Å². The summed E-state index contributed by atoms with van der Waals surface area (Å²) >= 11 is 3.89. The molecule has 6 heteroatoms. The van der Waals surface area contributed by atoms with Crippen LogP contribution in [0.2, 0.25) is 0 Å². The number of esters is 1. The lowest BCUT2D eigenvalue weighted by Crippen LogP contribution is -2.37. The number of rotatable bonds is 7. The van der Waals surface area contributed by atoms with E-state index in [2.05, 4.69) is 22.7 Å². The minimum Gasteiger partial charge on any atom is -0.469 e. The van der Waals surface area contributed by atoms with Crippen LogP contribution >= 0.6 is 12.6 Å². The van der Waals surface area contributed by atoms with E-state index in [1.165, 1.54) is 7.11 Å². The molecule has 0 spiro atoms. The van der Waals surface area contributed by atoms with Gasteiger partial charge < -0.3 is 14.8 Å². The largest absolute Gasteiger partial charge is 0.469 e. The molecule has 0 fully saturated rings. The summed E-state index contributed by atoms with van der Waals surface area (Å²) in [7, 11) is 1.30. The Morgan fingerprint density at radius 3 is 2.60 bits per heavy atom. The van der Waals surface area contributed by atoms with E-state index in [0.29, 0.717) is 12.7 Å². The number of hydrogen-bond donors (Lipinski definition) is 2. The van der Waals surface area contributed by atoms with Crippen molar-refractivity contribution >= 4 is 30.8 Å². The highest BCUT2D eigenvalue weighted by Gasteiger charge is 2.09. The van der Waals surface area contributed by atoms with Crippen molar-refractivity contribution in [2.24, 2.45) is 0 Å². The summed E-state index contributed by atoms with van der Waals surface area (Å²) in [6, 6.07) is -0.557. The minimum atomic E-state index is -0.557. The molecule has 0 aliphatic rings. The van der Waals surface area contributed by atoms with Gasteiger partial charge in [0.1, 0.15) is 6.29 Å². The smallest absolute Gasteiger partial charge is 0.305 e. The van der Waals surface area contributed by atoms with E-state index < -0.39 is 6.04 Å². The van der Waals surface area contributed by atoms with E-state index >= 15 is 0 Å². The summed E-state index contributed by atoms with van der Waals surface area (Å²) in [5.41, 5.74) is 0. The Balaban J connectivity index is 3.65. The number of carbonyl (C=O) groups excluding carboxylic acids is 3. The third-order valence-corrected chi connectivity index (χ3v) is 2.11. The molecule has 0 aliphatic heterocycles. The van der Waals surface area contributed by atoms with Crippen LogP contribution in [-0.4, -0.2) is 37.1 Å². The fourth-order valence-electron chi connectivity index (χ4n) is 0.897. The van der Waals surface area contributed by atoms with Gasteiger partial charge in [0.05, 0.1) is 13.2 Å². The molecule has 1 atom stereocenters. The van der Waals surface area contributed by atoms with Crippen molar-refractivity contribution in [3.63, 3.8) is 0 Å². The van der Waals surface area contributed by atoms with Crippen LogP contribution in [0.3, 0.4) is 0 Å². The van der Waals surface area contributed by atoms with Crippen molar-refractivity contribution in [2.75, 3.05) is 12.9 Å². The lowest BCUT2D eigenvalue weighted by Gasteiger charge is -2.09. The van der Waals surface area contributed by atoms with E-state index in [0.717, 1.165) is 0 Å². The topological polar surface area (TPSA) is 72.5 Å². The maximum atomic E-state index is 11.2. The van der Waals surface area contributed by atoms with Gasteiger partial charge in [-0.05, 0) is 6.42 Å². The molecule has 0 saturated heterocycles. The molecular formula is C9H15NO4S. The second kappa shape index (κ2) is 8.28. The molecule has 0 aromatic rings. The average molecular weight is 233 g/mol. The predicted octanol–water partition coefficient (Wildman–Crippen LogP) is -0.0568. The SMILES string of the molecule is COC(=O)CCCC(=O)NC(C=O)CS. The van der Waals surface area contributed by atoms with Gasteiger partial charge in [-0.3, -0.25) is 9.59 Å². The van der Waals surface area contributed by atoms with Gasteiger partial charge in [-0.2, -0.15) is 12.6 Å². The maximum Gasteiger partial charge on any atom is 0.305 e. The van der Waals surface area contributed by atoms with Gasteiger partial charge in [0.15, 0.2) is 0 Å². The first-order valence-electron chi connectivity index (χ1n) is 4.56. The van der Waals surface area contributed by atoms with Crippen LogP contribution in [-0.2, 0) is 19.1 Å². The van der Waals surface area contributed by atoms with Crippen LogP contribution in [0.15, 0.2) is 0 Å². The molecule has 15 heavy (non-hydrogen) atoms. The molecule has 86 valence electrons. The van der Waals surface area contributed by atoms with Crippen molar-refractivity contribution in [3.05, 3.63) is 0 Å². The highest BCUT2D eigenvalue weighted by Crippen LogP contribution is 1.97. The van der Waals surface area contributed by atoms with Gasteiger partial charge in [0, 0.05) is 18.6 Å². The summed E-state index contributed by atoms with van der Waals surface area (Å²) in [5, 5.41) is 2.47. The molecule has 0 radical (unpaired) electrons. The van der Waals surface area contributed by atoms with Gasteiger partial charge >= 0.3 is 5.97 Å². The number of thiol groups is 1. The van der Waals surface area contributed by atoms with E-state index in [-0.39, 0.29) is 30.5 Å². The molecule has 1 unspecified atom stereocenters. The Morgan fingerprint density at radius 1 is 1.47 bits per heavy atom. The number of ether oxygens (including phenoxy) is 1. The van der Waals surface area contributed by atoms with Crippen molar-refractivity contribution < 1.29 is 19.1 Å². The average Bonchev–Trinajstić information content (AvgIpc) is 2.25. The Labute approximate surface area is 94.0 Å².